The fourth-order valence-corrected chi connectivity index (χ4v) is 0.654. The second-order valence-electron chi connectivity index (χ2n) is 2.41. The monoisotopic (exact) mass is 214 g/mol. The first-order valence-corrected chi connectivity index (χ1v) is 4.51. The van der Waals surface area contributed by atoms with E-state index in [9.17, 15) is 9.59 Å². The van der Waals surface area contributed by atoms with Gasteiger partial charge in [0.25, 0.3) is 0 Å². The fraction of sp³-hybridized carbons (Fsp3) is 0.556. The zero-order chi connectivity index (χ0) is 11.7. The Morgan fingerprint density at radius 3 is 2.40 bits per heavy atom. The Morgan fingerprint density at radius 2 is 1.93 bits per heavy atom. The van der Waals surface area contributed by atoms with E-state index in [4.69, 9.17) is 0 Å². The highest BCUT2D eigenvalue weighted by atomic mass is 16.5. The summed E-state index contributed by atoms with van der Waals surface area (Å²) in [4.78, 5) is 21.6. The largest absolute Gasteiger partial charge is 0.466 e. The van der Waals surface area contributed by atoms with Crippen LogP contribution >= 0.6 is 0 Å². The second-order valence-corrected chi connectivity index (χ2v) is 2.41. The van der Waals surface area contributed by atoms with Crippen LogP contribution in [0, 0.1) is 0 Å². The number of ether oxygens (including phenoxy) is 2. The van der Waals surface area contributed by atoms with Gasteiger partial charge in [0.1, 0.15) is 0 Å². The maximum atomic E-state index is 10.8. The van der Waals surface area contributed by atoms with Gasteiger partial charge >= 0.3 is 12.1 Å². The number of carbonyl (C=O) groups is 2. The lowest BCUT2D eigenvalue weighted by atomic mass is 10.3. The molecule has 84 valence electrons. The topological polar surface area (TPSA) is 77.3 Å². The Morgan fingerprint density at radius 1 is 1.27 bits per heavy atom. The van der Waals surface area contributed by atoms with Gasteiger partial charge in [-0.1, -0.05) is 12.0 Å². The number of azo groups is 1. The molecule has 0 atom stereocenters. The van der Waals surface area contributed by atoms with Gasteiger partial charge in [0.05, 0.1) is 19.4 Å². The van der Waals surface area contributed by atoms with Crippen molar-refractivity contribution in [2.75, 3.05) is 13.7 Å². The van der Waals surface area contributed by atoms with Gasteiger partial charge in [0.15, 0.2) is 0 Å². The number of hydrogen-bond acceptors (Lipinski definition) is 5. The van der Waals surface area contributed by atoms with Crippen LogP contribution in [0.2, 0.25) is 0 Å². The maximum absolute atomic E-state index is 10.8. The highest BCUT2D eigenvalue weighted by molar-refractivity contribution is 5.82. The molecule has 0 saturated carbocycles. The van der Waals surface area contributed by atoms with Crippen molar-refractivity contribution >= 4 is 12.1 Å². The Labute approximate surface area is 88.0 Å². The lowest BCUT2D eigenvalue weighted by Crippen LogP contribution is -1.98. The smallest absolute Gasteiger partial charge is 0.452 e. The first kappa shape index (κ1) is 13.3. The van der Waals surface area contributed by atoms with E-state index in [1.54, 1.807) is 13.8 Å². The third-order valence-electron chi connectivity index (χ3n) is 1.38. The number of hydrogen-bond donors (Lipinski definition) is 0. The molecule has 0 saturated heterocycles. The Hall–Kier alpha value is -1.72. The van der Waals surface area contributed by atoms with E-state index >= 15 is 0 Å². The van der Waals surface area contributed by atoms with Gasteiger partial charge in [0.2, 0.25) is 0 Å². The molecular weight excluding hydrogens is 200 g/mol. The van der Waals surface area contributed by atoms with E-state index in [1.165, 1.54) is 13.2 Å². The molecule has 0 N–H and O–H groups in total. The average Bonchev–Trinajstić information content (AvgIpc) is 2.24. The third kappa shape index (κ3) is 6.36. The quantitative estimate of drug-likeness (QED) is 0.407. The van der Waals surface area contributed by atoms with E-state index in [-0.39, 0.29) is 6.61 Å². The van der Waals surface area contributed by atoms with E-state index in [0.717, 1.165) is 0 Å². The molecule has 0 aromatic heterocycles. The summed E-state index contributed by atoms with van der Waals surface area (Å²) < 4.78 is 8.93. The van der Waals surface area contributed by atoms with Crippen LogP contribution in [-0.4, -0.2) is 25.8 Å². The van der Waals surface area contributed by atoms with Gasteiger partial charge in [-0.3, -0.25) is 0 Å². The molecule has 6 heteroatoms. The molecule has 0 heterocycles. The number of amides is 1. The van der Waals surface area contributed by atoms with E-state index in [1.807, 2.05) is 0 Å². The zero-order valence-corrected chi connectivity index (χ0v) is 9.02. The number of methoxy groups -OCH3 is 1. The zero-order valence-electron chi connectivity index (χ0n) is 9.02. The van der Waals surface area contributed by atoms with Crippen molar-refractivity contribution < 1.29 is 19.1 Å². The summed E-state index contributed by atoms with van der Waals surface area (Å²) in [5.41, 5.74) is 0.356. The van der Waals surface area contributed by atoms with Crippen LogP contribution in [0.1, 0.15) is 20.3 Å². The number of rotatable bonds is 4. The van der Waals surface area contributed by atoms with Crippen molar-refractivity contribution in [1.29, 1.82) is 0 Å². The van der Waals surface area contributed by atoms with Crippen LogP contribution in [0.5, 0.6) is 0 Å². The molecule has 0 aromatic rings. The van der Waals surface area contributed by atoms with Crippen LogP contribution < -0.4 is 0 Å². The fourth-order valence-electron chi connectivity index (χ4n) is 0.654. The number of carbonyl (C=O) groups excluding carboxylic acids is 2. The number of allylic oxidation sites excluding steroid dienone is 1. The number of nitrogens with zero attached hydrogens (tertiary/aromatic N) is 2. The van der Waals surface area contributed by atoms with E-state index in [0.29, 0.717) is 12.1 Å². The van der Waals surface area contributed by atoms with Crippen LogP contribution in [0.3, 0.4) is 0 Å². The lowest BCUT2D eigenvalue weighted by molar-refractivity contribution is -0.134. The number of esters is 1. The van der Waals surface area contributed by atoms with Gasteiger partial charge in [-0.2, -0.15) is 0 Å². The summed E-state index contributed by atoms with van der Waals surface area (Å²) in [5.74, 6) is -0.533. The highest BCUT2D eigenvalue weighted by Gasteiger charge is 2.00. The molecule has 0 rings (SSSR count). The van der Waals surface area contributed by atoms with Gasteiger partial charge in [0, 0.05) is 6.08 Å². The molecule has 0 unspecified atom stereocenters. The summed E-state index contributed by atoms with van der Waals surface area (Å²) in [6, 6.07) is 0. The Kier molecular flexibility index (Phi) is 6.78. The molecule has 0 aliphatic carbocycles. The SMILES string of the molecule is CCOC(=O)N=N/C(=C/C(=O)OC)CC. The molecular formula is C9H14N2O4. The van der Waals surface area contributed by atoms with Crippen LogP contribution in [0.4, 0.5) is 4.79 Å². The molecule has 0 fully saturated rings. The van der Waals surface area contributed by atoms with Crippen molar-refractivity contribution in [3.05, 3.63) is 11.8 Å². The van der Waals surface area contributed by atoms with Crippen LogP contribution in [-0.2, 0) is 14.3 Å². The van der Waals surface area contributed by atoms with Crippen LogP contribution in [0.25, 0.3) is 0 Å². The van der Waals surface area contributed by atoms with Crippen LogP contribution in [0.15, 0.2) is 22.0 Å². The second kappa shape index (κ2) is 7.66. The molecule has 0 spiro atoms. The molecule has 0 bridgehead atoms. The Balaban J connectivity index is 4.38. The molecule has 1 amide bonds. The minimum Gasteiger partial charge on any atom is -0.466 e. The summed E-state index contributed by atoms with van der Waals surface area (Å²) in [5, 5.41) is 6.82. The van der Waals surface area contributed by atoms with Gasteiger partial charge in [-0.15, -0.1) is 5.11 Å². The van der Waals surface area contributed by atoms with Crippen molar-refractivity contribution in [1.82, 2.24) is 0 Å². The van der Waals surface area contributed by atoms with E-state index in [2.05, 4.69) is 19.7 Å². The third-order valence-corrected chi connectivity index (χ3v) is 1.38. The highest BCUT2D eigenvalue weighted by Crippen LogP contribution is 2.04. The van der Waals surface area contributed by atoms with Crippen molar-refractivity contribution in [3.8, 4) is 0 Å². The molecule has 6 nitrogen and oxygen atoms in total. The standard InChI is InChI=1S/C9H14N2O4/c1-4-7(6-8(12)14-3)10-11-9(13)15-5-2/h6H,4-5H2,1-3H3/b7-6+,11-10?. The predicted molar refractivity (Wildman–Crippen MR) is 52.3 cm³/mol. The summed E-state index contributed by atoms with van der Waals surface area (Å²) >= 11 is 0. The normalized spacial score (nSPS) is 11.5. The van der Waals surface area contributed by atoms with Crippen molar-refractivity contribution in [3.63, 3.8) is 0 Å². The minimum atomic E-state index is -0.776. The van der Waals surface area contributed by atoms with Crippen molar-refractivity contribution in [2.45, 2.75) is 20.3 Å². The minimum absolute atomic E-state index is 0.236. The maximum Gasteiger partial charge on any atom is 0.452 e. The molecule has 0 aliphatic heterocycles. The summed E-state index contributed by atoms with van der Waals surface area (Å²) in [6.07, 6.45) is 0.863. The Bertz CT molecular complexity index is 284. The van der Waals surface area contributed by atoms with Gasteiger partial charge < -0.3 is 9.47 Å². The summed E-state index contributed by atoms with van der Waals surface area (Å²) in [6.45, 7) is 3.68. The average molecular weight is 214 g/mol. The molecule has 15 heavy (non-hydrogen) atoms. The molecule has 0 aromatic carbocycles. The van der Waals surface area contributed by atoms with Gasteiger partial charge in [-0.05, 0) is 13.3 Å². The lowest BCUT2D eigenvalue weighted by Gasteiger charge is -1.96. The summed E-state index contributed by atoms with van der Waals surface area (Å²) in [7, 11) is 1.26. The molecule has 0 aliphatic rings. The first-order chi connectivity index (χ1) is 7.13. The van der Waals surface area contributed by atoms with Crippen molar-refractivity contribution in [2.24, 2.45) is 10.2 Å². The first-order valence-electron chi connectivity index (χ1n) is 4.51. The predicted octanol–water partition coefficient (Wildman–Crippen LogP) is 2.06. The molecule has 0 radical (unpaired) electrons. The van der Waals surface area contributed by atoms with E-state index < -0.39 is 12.1 Å². The van der Waals surface area contributed by atoms with Gasteiger partial charge in [-0.25, -0.2) is 9.59 Å².